The maximum absolute atomic E-state index is 12.2. The van der Waals surface area contributed by atoms with Crippen molar-refractivity contribution in [2.24, 2.45) is 7.05 Å². The molecule has 1 aliphatic heterocycles. The number of nitrogens with one attached hydrogen (secondary N) is 1. The Morgan fingerprint density at radius 3 is 2.79 bits per heavy atom. The van der Waals surface area contributed by atoms with Crippen LogP contribution in [0.4, 0.5) is 0 Å². The number of carbonyl (C=O) groups excluding carboxylic acids is 1. The number of ether oxygens (including phenoxy) is 1. The molecule has 19 heavy (non-hydrogen) atoms. The van der Waals surface area contributed by atoms with Crippen molar-refractivity contribution in [1.82, 2.24) is 20.0 Å². The highest BCUT2D eigenvalue weighted by Gasteiger charge is 2.32. The molecule has 1 saturated heterocycles. The van der Waals surface area contributed by atoms with Crippen molar-refractivity contribution in [3.05, 3.63) is 17.5 Å². The molecule has 1 atom stereocenters. The van der Waals surface area contributed by atoms with Crippen LogP contribution in [0, 0.1) is 0 Å². The zero-order valence-electron chi connectivity index (χ0n) is 11.8. The first-order chi connectivity index (χ1) is 9.17. The first-order valence-electron chi connectivity index (χ1n) is 6.72. The summed E-state index contributed by atoms with van der Waals surface area (Å²) in [6.45, 7) is 5.54. The molecule has 1 unspecified atom stereocenters. The van der Waals surface area contributed by atoms with Crippen molar-refractivity contribution in [2.45, 2.75) is 19.4 Å². The van der Waals surface area contributed by atoms with Gasteiger partial charge in [0.25, 0.3) is 0 Å². The molecular formula is C13H22N4O2. The first-order valence-corrected chi connectivity index (χ1v) is 6.72. The van der Waals surface area contributed by atoms with Crippen LogP contribution >= 0.6 is 0 Å². The molecule has 0 saturated carbocycles. The number of rotatable bonds is 4. The predicted octanol–water partition coefficient (Wildman–Crippen LogP) is 0.102. The fraction of sp³-hybridized carbons (Fsp3) is 0.692. The second-order valence-electron chi connectivity index (χ2n) is 4.77. The Kier molecular flexibility index (Phi) is 4.55. The number of hydrogen-bond acceptors (Lipinski definition) is 5. The van der Waals surface area contributed by atoms with Gasteiger partial charge in [-0.3, -0.25) is 9.58 Å². The average molecular weight is 266 g/mol. The number of esters is 1. The van der Waals surface area contributed by atoms with Crippen molar-refractivity contribution >= 4 is 5.97 Å². The zero-order valence-corrected chi connectivity index (χ0v) is 11.8. The smallest absolute Gasteiger partial charge is 0.327 e. The van der Waals surface area contributed by atoms with Gasteiger partial charge in [-0.25, -0.2) is 4.79 Å². The fourth-order valence-corrected chi connectivity index (χ4v) is 2.58. The molecule has 1 aromatic heterocycles. The Morgan fingerprint density at radius 1 is 1.53 bits per heavy atom. The van der Waals surface area contributed by atoms with Gasteiger partial charge in [0.2, 0.25) is 0 Å². The average Bonchev–Trinajstić information content (AvgIpc) is 2.81. The third kappa shape index (κ3) is 2.96. The van der Waals surface area contributed by atoms with E-state index in [0.29, 0.717) is 0 Å². The monoisotopic (exact) mass is 266 g/mol. The molecule has 1 N–H and O–H groups in total. The minimum absolute atomic E-state index is 0.204. The van der Waals surface area contributed by atoms with Gasteiger partial charge in [-0.05, 0) is 6.42 Å². The standard InChI is InChI=1S/C13H22N4O2/c1-4-11-10(9-16(2)15-11)12(13(18)19-3)17-7-5-14-6-8-17/h9,12,14H,4-8H2,1-3H3. The van der Waals surface area contributed by atoms with E-state index in [-0.39, 0.29) is 12.0 Å². The zero-order chi connectivity index (χ0) is 13.8. The Balaban J connectivity index is 2.32. The predicted molar refractivity (Wildman–Crippen MR) is 71.8 cm³/mol. The molecule has 2 heterocycles. The molecule has 1 aromatic rings. The number of carbonyl (C=O) groups is 1. The highest BCUT2D eigenvalue weighted by molar-refractivity contribution is 5.77. The lowest BCUT2D eigenvalue weighted by molar-refractivity contribution is -0.147. The third-order valence-corrected chi connectivity index (χ3v) is 3.51. The van der Waals surface area contributed by atoms with E-state index in [9.17, 15) is 4.79 Å². The Bertz CT molecular complexity index is 438. The molecule has 6 nitrogen and oxygen atoms in total. The molecule has 0 bridgehead atoms. The maximum atomic E-state index is 12.2. The number of hydrogen-bond donors (Lipinski definition) is 1. The van der Waals surface area contributed by atoms with E-state index in [1.807, 2.05) is 13.2 Å². The van der Waals surface area contributed by atoms with Crippen molar-refractivity contribution in [3.63, 3.8) is 0 Å². The van der Waals surface area contributed by atoms with Crippen LogP contribution in [0.1, 0.15) is 24.2 Å². The number of aryl methyl sites for hydroxylation is 2. The van der Waals surface area contributed by atoms with E-state index in [1.54, 1.807) is 4.68 Å². The summed E-state index contributed by atoms with van der Waals surface area (Å²) in [5.41, 5.74) is 1.94. The van der Waals surface area contributed by atoms with Gasteiger partial charge in [-0.15, -0.1) is 0 Å². The molecule has 0 radical (unpaired) electrons. The number of aromatic nitrogens is 2. The number of nitrogens with zero attached hydrogens (tertiary/aromatic N) is 3. The van der Waals surface area contributed by atoms with E-state index in [0.717, 1.165) is 43.9 Å². The molecule has 1 fully saturated rings. The molecule has 0 spiro atoms. The van der Waals surface area contributed by atoms with Crippen molar-refractivity contribution in [1.29, 1.82) is 0 Å². The largest absolute Gasteiger partial charge is 0.468 e. The van der Waals surface area contributed by atoms with E-state index in [1.165, 1.54) is 7.11 Å². The SMILES string of the molecule is CCc1nn(C)cc1C(C(=O)OC)N1CCNCC1. The van der Waals surface area contributed by atoms with Gasteiger partial charge in [0.05, 0.1) is 12.8 Å². The van der Waals surface area contributed by atoms with Crippen LogP contribution in [0.2, 0.25) is 0 Å². The van der Waals surface area contributed by atoms with E-state index >= 15 is 0 Å². The Labute approximate surface area is 113 Å². The lowest BCUT2D eigenvalue weighted by atomic mass is 10.0. The van der Waals surface area contributed by atoms with Crippen molar-refractivity contribution in [3.8, 4) is 0 Å². The summed E-state index contributed by atoms with van der Waals surface area (Å²) < 4.78 is 6.76. The van der Waals surface area contributed by atoms with Gasteiger partial charge in [0.15, 0.2) is 0 Å². The van der Waals surface area contributed by atoms with Crippen molar-refractivity contribution < 1.29 is 9.53 Å². The molecular weight excluding hydrogens is 244 g/mol. The van der Waals surface area contributed by atoms with Gasteiger partial charge in [0, 0.05) is 45.0 Å². The van der Waals surface area contributed by atoms with Gasteiger partial charge >= 0.3 is 5.97 Å². The third-order valence-electron chi connectivity index (χ3n) is 3.51. The summed E-state index contributed by atoms with van der Waals surface area (Å²) in [6.07, 6.45) is 2.75. The molecule has 6 heteroatoms. The van der Waals surface area contributed by atoms with Gasteiger partial charge < -0.3 is 10.1 Å². The highest BCUT2D eigenvalue weighted by atomic mass is 16.5. The molecule has 106 valence electrons. The van der Waals surface area contributed by atoms with Crippen LogP contribution in [0.5, 0.6) is 0 Å². The topological polar surface area (TPSA) is 59.4 Å². The van der Waals surface area contributed by atoms with E-state index < -0.39 is 0 Å². The normalized spacial score (nSPS) is 18.3. The van der Waals surface area contributed by atoms with Crippen molar-refractivity contribution in [2.75, 3.05) is 33.3 Å². The van der Waals surface area contributed by atoms with Crippen LogP contribution in [-0.4, -0.2) is 53.9 Å². The van der Waals surface area contributed by atoms with Gasteiger partial charge in [-0.1, -0.05) is 6.92 Å². The maximum Gasteiger partial charge on any atom is 0.327 e. The molecule has 1 aliphatic rings. The summed E-state index contributed by atoms with van der Waals surface area (Å²) in [4.78, 5) is 14.3. The van der Waals surface area contributed by atoms with E-state index in [2.05, 4.69) is 22.2 Å². The Morgan fingerprint density at radius 2 is 2.21 bits per heavy atom. The molecule has 0 amide bonds. The molecule has 0 aliphatic carbocycles. The minimum Gasteiger partial charge on any atom is -0.468 e. The second-order valence-corrected chi connectivity index (χ2v) is 4.77. The first kappa shape index (κ1) is 14.0. The second kappa shape index (κ2) is 6.16. The summed E-state index contributed by atoms with van der Waals surface area (Å²) in [6, 6.07) is -0.337. The Hall–Kier alpha value is -1.40. The van der Waals surface area contributed by atoms with Crippen LogP contribution in [-0.2, 0) is 23.0 Å². The van der Waals surface area contributed by atoms with Crippen LogP contribution < -0.4 is 5.32 Å². The van der Waals surface area contributed by atoms with Crippen LogP contribution in [0.25, 0.3) is 0 Å². The lowest BCUT2D eigenvalue weighted by Crippen LogP contribution is -2.47. The van der Waals surface area contributed by atoms with Crippen LogP contribution in [0.15, 0.2) is 6.20 Å². The quantitative estimate of drug-likeness (QED) is 0.783. The van der Waals surface area contributed by atoms with E-state index in [4.69, 9.17) is 4.74 Å². The lowest BCUT2D eigenvalue weighted by Gasteiger charge is -2.33. The fourth-order valence-electron chi connectivity index (χ4n) is 2.58. The van der Waals surface area contributed by atoms with Gasteiger partial charge in [-0.2, -0.15) is 5.10 Å². The summed E-state index contributed by atoms with van der Waals surface area (Å²) in [5, 5.41) is 7.73. The molecule has 2 rings (SSSR count). The molecule has 0 aromatic carbocycles. The number of piperazine rings is 1. The van der Waals surface area contributed by atoms with Gasteiger partial charge in [0.1, 0.15) is 6.04 Å². The minimum atomic E-state index is -0.337. The highest BCUT2D eigenvalue weighted by Crippen LogP contribution is 2.25. The summed E-state index contributed by atoms with van der Waals surface area (Å²) in [5.74, 6) is -0.204. The van der Waals surface area contributed by atoms with Crippen LogP contribution in [0.3, 0.4) is 0 Å². The number of methoxy groups -OCH3 is 1. The summed E-state index contributed by atoms with van der Waals surface area (Å²) in [7, 11) is 3.33. The summed E-state index contributed by atoms with van der Waals surface area (Å²) >= 11 is 0.